The first kappa shape index (κ1) is 13.7. The van der Waals surface area contributed by atoms with Crippen LogP contribution in [0.4, 0.5) is 8.78 Å². The van der Waals surface area contributed by atoms with E-state index in [0.29, 0.717) is 0 Å². The van der Waals surface area contributed by atoms with Crippen LogP contribution in [-0.2, 0) is 5.41 Å². The summed E-state index contributed by atoms with van der Waals surface area (Å²) in [6.07, 6.45) is 2.00. The molecule has 22 heavy (non-hydrogen) atoms. The molecule has 0 spiro atoms. The zero-order valence-electron chi connectivity index (χ0n) is 12.8. The van der Waals surface area contributed by atoms with Crippen molar-refractivity contribution in [3.63, 3.8) is 0 Å². The van der Waals surface area contributed by atoms with Crippen molar-refractivity contribution in [2.45, 2.75) is 44.9 Å². The molecular formula is C17H18F2N2O. The van der Waals surface area contributed by atoms with E-state index in [1.54, 1.807) is 0 Å². The molecule has 1 aromatic carbocycles. The van der Waals surface area contributed by atoms with Crippen LogP contribution in [0.5, 0.6) is 0 Å². The molecule has 1 aromatic heterocycles. The topological polar surface area (TPSA) is 37.8 Å². The number of rotatable bonds is 1. The maximum absolute atomic E-state index is 14.0. The van der Waals surface area contributed by atoms with Gasteiger partial charge in [0.1, 0.15) is 11.5 Å². The van der Waals surface area contributed by atoms with Crippen molar-refractivity contribution in [3.05, 3.63) is 51.4 Å². The third-order valence-electron chi connectivity index (χ3n) is 6.20. The first-order chi connectivity index (χ1) is 10.3. The van der Waals surface area contributed by atoms with Gasteiger partial charge in [-0.2, -0.15) is 0 Å². The van der Waals surface area contributed by atoms with Gasteiger partial charge in [-0.05, 0) is 36.3 Å². The zero-order valence-corrected chi connectivity index (χ0v) is 12.8. The molecule has 0 aliphatic heterocycles. The lowest BCUT2D eigenvalue weighted by atomic mass is 9.70. The van der Waals surface area contributed by atoms with Gasteiger partial charge in [0.2, 0.25) is 0 Å². The normalized spacial score (nSPS) is 28.1. The van der Waals surface area contributed by atoms with Gasteiger partial charge < -0.3 is 0 Å². The lowest BCUT2D eigenvalue weighted by Gasteiger charge is -2.34. The Kier molecular flexibility index (Phi) is 2.43. The summed E-state index contributed by atoms with van der Waals surface area (Å²) in [4.78, 5) is 12.8. The van der Waals surface area contributed by atoms with Crippen molar-refractivity contribution in [1.29, 1.82) is 0 Å². The van der Waals surface area contributed by atoms with Crippen molar-refractivity contribution < 1.29 is 8.78 Å². The highest BCUT2D eigenvalue weighted by atomic mass is 19.1. The minimum absolute atomic E-state index is 0.0216. The summed E-state index contributed by atoms with van der Waals surface area (Å²) in [5.74, 6) is -1.19. The Morgan fingerprint density at radius 2 is 2.00 bits per heavy atom. The average Bonchev–Trinajstić information content (AvgIpc) is 2.94. The van der Waals surface area contributed by atoms with Gasteiger partial charge >= 0.3 is 0 Å². The molecule has 2 unspecified atom stereocenters. The summed E-state index contributed by atoms with van der Waals surface area (Å²) in [5, 5.41) is 3.11. The molecule has 116 valence electrons. The van der Waals surface area contributed by atoms with Crippen LogP contribution >= 0.6 is 0 Å². The highest BCUT2D eigenvalue weighted by Crippen LogP contribution is 2.66. The molecule has 1 N–H and O–H groups in total. The van der Waals surface area contributed by atoms with Crippen LogP contribution in [0.3, 0.4) is 0 Å². The number of aromatic nitrogens is 2. The maximum Gasteiger partial charge on any atom is 0.275 e. The Bertz CT molecular complexity index is 849. The first-order valence-electron chi connectivity index (χ1n) is 7.58. The van der Waals surface area contributed by atoms with E-state index in [-0.39, 0.29) is 28.0 Å². The van der Waals surface area contributed by atoms with Crippen LogP contribution in [0, 0.1) is 17.0 Å². The van der Waals surface area contributed by atoms with Gasteiger partial charge in [-0.15, -0.1) is 0 Å². The molecule has 2 bridgehead atoms. The SMILES string of the molecule is CC12CCC(c3c1[nH]n(-c1ccc(F)cc1F)c3=O)C2(C)C. The molecular weight excluding hydrogens is 286 g/mol. The fourth-order valence-electron chi connectivity index (χ4n) is 4.48. The second-order valence-corrected chi connectivity index (χ2v) is 7.28. The number of H-pyrrole nitrogens is 1. The van der Waals surface area contributed by atoms with E-state index in [0.717, 1.165) is 36.2 Å². The highest BCUT2D eigenvalue weighted by Gasteiger charge is 2.61. The average molecular weight is 304 g/mol. The molecule has 0 saturated heterocycles. The summed E-state index contributed by atoms with van der Waals surface area (Å²) < 4.78 is 28.3. The number of fused-ring (bicyclic) bond motifs is 5. The second-order valence-electron chi connectivity index (χ2n) is 7.28. The fraction of sp³-hybridized carbons (Fsp3) is 0.471. The smallest absolute Gasteiger partial charge is 0.275 e. The monoisotopic (exact) mass is 304 g/mol. The van der Waals surface area contributed by atoms with Crippen LogP contribution in [-0.4, -0.2) is 9.78 Å². The standard InChI is InChI=1S/C17H18F2N2O/c1-16(2)10-6-7-17(16,3)14-13(10)15(22)21(20-14)12-5-4-9(18)8-11(12)19/h4-5,8,10,20H,6-7H2,1-3H3. The predicted molar refractivity (Wildman–Crippen MR) is 79.4 cm³/mol. The summed E-state index contributed by atoms with van der Waals surface area (Å²) in [7, 11) is 0. The van der Waals surface area contributed by atoms with Crippen LogP contribution < -0.4 is 5.56 Å². The Hall–Kier alpha value is -1.91. The quantitative estimate of drug-likeness (QED) is 0.858. The highest BCUT2D eigenvalue weighted by molar-refractivity contribution is 5.46. The van der Waals surface area contributed by atoms with Crippen molar-refractivity contribution in [2.24, 2.45) is 5.41 Å². The Labute approximate surface area is 126 Å². The third-order valence-corrected chi connectivity index (χ3v) is 6.20. The van der Waals surface area contributed by atoms with Gasteiger partial charge in [-0.3, -0.25) is 9.89 Å². The van der Waals surface area contributed by atoms with Crippen LogP contribution in [0.1, 0.15) is 50.8 Å². The minimum atomic E-state index is -0.737. The third kappa shape index (κ3) is 1.37. The van der Waals surface area contributed by atoms with E-state index >= 15 is 0 Å². The second kappa shape index (κ2) is 3.89. The number of halogens is 2. The predicted octanol–water partition coefficient (Wildman–Crippen LogP) is 3.62. The molecule has 2 aliphatic carbocycles. The molecule has 0 radical (unpaired) electrons. The largest absolute Gasteiger partial charge is 0.294 e. The fourth-order valence-corrected chi connectivity index (χ4v) is 4.48. The van der Waals surface area contributed by atoms with E-state index in [1.165, 1.54) is 10.7 Å². The van der Waals surface area contributed by atoms with E-state index in [1.807, 2.05) is 0 Å². The molecule has 1 heterocycles. The molecule has 1 saturated carbocycles. The van der Waals surface area contributed by atoms with Crippen molar-refractivity contribution >= 4 is 0 Å². The number of aromatic amines is 1. The van der Waals surface area contributed by atoms with Gasteiger partial charge in [0.15, 0.2) is 5.82 Å². The van der Waals surface area contributed by atoms with Gasteiger partial charge in [-0.1, -0.05) is 20.8 Å². The summed E-state index contributed by atoms with van der Waals surface area (Å²) >= 11 is 0. The molecule has 2 aliphatic rings. The van der Waals surface area contributed by atoms with E-state index in [2.05, 4.69) is 25.9 Å². The van der Waals surface area contributed by atoms with E-state index in [4.69, 9.17) is 0 Å². The molecule has 2 atom stereocenters. The van der Waals surface area contributed by atoms with Crippen LogP contribution in [0.25, 0.3) is 5.69 Å². The molecule has 5 heteroatoms. The van der Waals surface area contributed by atoms with E-state index in [9.17, 15) is 13.6 Å². The van der Waals surface area contributed by atoms with E-state index < -0.39 is 11.6 Å². The number of benzene rings is 1. The summed E-state index contributed by atoms with van der Waals surface area (Å²) in [5.41, 5.74) is 1.48. The van der Waals surface area contributed by atoms with Gasteiger partial charge in [0, 0.05) is 22.7 Å². The Morgan fingerprint density at radius 3 is 2.64 bits per heavy atom. The Morgan fingerprint density at radius 1 is 1.27 bits per heavy atom. The van der Waals surface area contributed by atoms with Gasteiger partial charge in [0.05, 0.1) is 0 Å². The minimum Gasteiger partial charge on any atom is -0.294 e. The van der Waals surface area contributed by atoms with Crippen LogP contribution in [0.2, 0.25) is 0 Å². The summed E-state index contributed by atoms with van der Waals surface area (Å²) in [6.45, 7) is 6.56. The molecule has 1 fully saturated rings. The van der Waals surface area contributed by atoms with Crippen molar-refractivity contribution in [3.8, 4) is 5.69 Å². The van der Waals surface area contributed by atoms with Gasteiger partial charge in [-0.25, -0.2) is 13.5 Å². The zero-order chi connectivity index (χ0) is 15.9. The number of hydrogen-bond acceptors (Lipinski definition) is 1. The molecule has 4 rings (SSSR count). The van der Waals surface area contributed by atoms with Crippen molar-refractivity contribution in [2.75, 3.05) is 0 Å². The summed E-state index contributed by atoms with van der Waals surface area (Å²) in [6, 6.07) is 3.26. The number of nitrogens with zero attached hydrogens (tertiary/aromatic N) is 1. The first-order valence-corrected chi connectivity index (χ1v) is 7.58. The molecule has 2 aromatic rings. The lowest BCUT2D eigenvalue weighted by Crippen LogP contribution is -2.33. The van der Waals surface area contributed by atoms with Crippen LogP contribution in [0.15, 0.2) is 23.0 Å². The molecule has 3 nitrogen and oxygen atoms in total. The number of nitrogens with one attached hydrogen (secondary N) is 1. The maximum atomic E-state index is 14.0. The van der Waals surface area contributed by atoms with Crippen molar-refractivity contribution in [1.82, 2.24) is 9.78 Å². The number of hydrogen-bond donors (Lipinski definition) is 1. The Balaban J connectivity index is 1.96. The van der Waals surface area contributed by atoms with Gasteiger partial charge in [0.25, 0.3) is 5.56 Å². The molecule has 0 amide bonds. The lowest BCUT2D eigenvalue weighted by molar-refractivity contribution is 0.224.